The molecule has 0 atom stereocenters. The molecule has 19 heavy (non-hydrogen) atoms. The second-order valence-corrected chi connectivity index (χ2v) is 6.50. The summed E-state index contributed by atoms with van der Waals surface area (Å²) in [4.78, 5) is 12.4. The lowest BCUT2D eigenvalue weighted by atomic mass is 9.82. The Morgan fingerprint density at radius 3 is 2.26 bits per heavy atom. The quantitative estimate of drug-likeness (QED) is 0.872. The third-order valence-corrected chi connectivity index (χ3v) is 4.39. The average Bonchev–Trinajstić information content (AvgIpc) is 2.34. The van der Waals surface area contributed by atoms with E-state index in [1.165, 1.54) is 6.42 Å². The van der Waals surface area contributed by atoms with Crippen molar-refractivity contribution in [3.8, 4) is 0 Å². The van der Waals surface area contributed by atoms with E-state index in [1.807, 2.05) is 26.0 Å². The maximum Gasteiger partial charge on any atom is 0.244 e. The standard InChI is InChI=1S/C15H21BrN2O/c1-10-8-12(16)9-11(2)13(10)18-14(19)15(17)6-4-3-5-7-15/h8-9H,3-7,17H2,1-2H3,(H,18,19). The lowest BCUT2D eigenvalue weighted by Crippen LogP contribution is -2.52. The first-order chi connectivity index (χ1) is 8.92. The van der Waals surface area contributed by atoms with E-state index in [1.54, 1.807) is 0 Å². The molecule has 1 amide bonds. The molecule has 1 fully saturated rings. The van der Waals surface area contributed by atoms with E-state index in [4.69, 9.17) is 5.73 Å². The number of rotatable bonds is 2. The normalized spacial score (nSPS) is 18.1. The van der Waals surface area contributed by atoms with Crippen LogP contribution in [-0.2, 0) is 4.79 Å². The Kier molecular flexibility index (Phi) is 4.31. The Balaban J connectivity index is 2.19. The number of halogens is 1. The van der Waals surface area contributed by atoms with Crippen molar-refractivity contribution in [3.63, 3.8) is 0 Å². The van der Waals surface area contributed by atoms with Crippen molar-refractivity contribution in [2.45, 2.75) is 51.5 Å². The number of hydrogen-bond donors (Lipinski definition) is 2. The van der Waals surface area contributed by atoms with Crippen LogP contribution in [0.4, 0.5) is 5.69 Å². The fourth-order valence-corrected chi connectivity index (χ4v) is 3.44. The number of carbonyl (C=O) groups is 1. The van der Waals surface area contributed by atoms with Gasteiger partial charge in [0.15, 0.2) is 0 Å². The van der Waals surface area contributed by atoms with Crippen molar-refractivity contribution in [3.05, 3.63) is 27.7 Å². The van der Waals surface area contributed by atoms with Crippen molar-refractivity contribution >= 4 is 27.5 Å². The maximum absolute atomic E-state index is 12.4. The van der Waals surface area contributed by atoms with Gasteiger partial charge in [-0.15, -0.1) is 0 Å². The lowest BCUT2D eigenvalue weighted by Gasteiger charge is -2.32. The minimum atomic E-state index is -0.690. The smallest absolute Gasteiger partial charge is 0.244 e. The van der Waals surface area contributed by atoms with E-state index in [-0.39, 0.29) is 5.91 Å². The van der Waals surface area contributed by atoms with Crippen molar-refractivity contribution < 1.29 is 4.79 Å². The van der Waals surface area contributed by atoms with Crippen LogP contribution >= 0.6 is 15.9 Å². The van der Waals surface area contributed by atoms with Crippen LogP contribution in [-0.4, -0.2) is 11.4 Å². The number of hydrogen-bond acceptors (Lipinski definition) is 2. The predicted molar refractivity (Wildman–Crippen MR) is 82.2 cm³/mol. The van der Waals surface area contributed by atoms with Gasteiger partial charge in [0.25, 0.3) is 0 Å². The highest BCUT2D eigenvalue weighted by Gasteiger charge is 2.35. The molecule has 3 nitrogen and oxygen atoms in total. The van der Waals surface area contributed by atoms with Crippen LogP contribution in [0.15, 0.2) is 16.6 Å². The number of nitrogens with one attached hydrogen (secondary N) is 1. The molecule has 1 aromatic rings. The Bertz CT molecular complexity index is 470. The Labute approximate surface area is 123 Å². The molecule has 0 bridgehead atoms. The Morgan fingerprint density at radius 2 is 1.74 bits per heavy atom. The van der Waals surface area contributed by atoms with E-state index in [0.717, 1.165) is 47.0 Å². The minimum Gasteiger partial charge on any atom is -0.324 e. The predicted octanol–water partition coefficient (Wildman–Crippen LogP) is 3.67. The topological polar surface area (TPSA) is 55.1 Å². The Hall–Kier alpha value is -0.870. The van der Waals surface area contributed by atoms with E-state index >= 15 is 0 Å². The summed E-state index contributed by atoms with van der Waals surface area (Å²) in [6.45, 7) is 3.99. The minimum absolute atomic E-state index is 0.0410. The number of nitrogens with two attached hydrogens (primary N) is 1. The molecule has 104 valence electrons. The third kappa shape index (κ3) is 3.18. The number of benzene rings is 1. The largest absolute Gasteiger partial charge is 0.324 e. The van der Waals surface area contributed by atoms with Crippen molar-refractivity contribution in [1.82, 2.24) is 0 Å². The van der Waals surface area contributed by atoms with Gasteiger partial charge >= 0.3 is 0 Å². The summed E-state index contributed by atoms with van der Waals surface area (Å²) in [5, 5.41) is 3.03. The van der Waals surface area contributed by atoms with Gasteiger partial charge in [-0.25, -0.2) is 0 Å². The highest BCUT2D eigenvalue weighted by atomic mass is 79.9. The van der Waals surface area contributed by atoms with Crippen LogP contribution in [0.5, 0.6) is 0 Å². The highest BCUT2D eigenvalue weighted by molar-refractivity contribution is 9.10. The molecule has 0 saturated heterocycles. The molecule has 0 heterocycles. The van der Waals surface area contributed by atoms with Gasteiger partial charge in [-0.2, -0.15) is 0 Å². The van der Waals surface area contributed by atoms with Crippen LogP contribution in [0.2, 0.25) is 0 Å². The molecule has 1 aliphatic rings. The van der Waals surface area contributed by atoms with Crippen molar-refractivity contribution in [2.24, 2.45) is 5.73 Å². The zero-order chi connectivity index (χ0) is 14.0. The molecule has 1 aliphatic carbocycles. The highest BCUT2D eigenvalue weighted by Crippen LogP contribution is 2.30. The van der Waals surface area contributed by atoms with Crippen LogP contribution in [0.25, 0.3) is 0 Å². The van der Waals surface area contributed by atoms with Crippen LogP contribution < -0.4 is 11.1 Å². The zero-order valence-corrected chi connectivity index (χ0v) is 13.1. The molecule has 0 unspecified atom stereocenters. The summed E-state index contributed by atoms with van der Waals surface area (Å²) in [7, 11) is 0. The molecule has 2 rings (SSSR count). The number of amides is 1. The van der Waals surface area contributed by atoms with Gasteiger partial charge in [0.2, 0.25) is 5.91 Å². The fraction of sp³-hybridized carbons (Fsp3) is 0.533. The summed E-state index contributed by atoms with van der Waals surface area (Å²) in [5.74, 6) is -0.0410. The lowest BCUT2D eigenvalue weighted by molar-refractivity contribution is -0.122. The van der Waals surface area contributed by atoms with E-state index in [9.17, 15) is 4.79 Å². The number of anilines is 1. The second kappa shape index (κ2) is 5.63. The van der Waals surface area contributed by atoms with Crippen molar-refractivity contribution in [1.29, 1.82) is 0 Å². The van der Waals surface area contributed by atoms with E-state index in [2.05, 4.69) is 21.2 Å². The fourth-order valence-electron chi connectivity index (χ4n) is 2.76. The first-order valence-electron chi connectivity index (χ1n) is 6.79. The summed E-state index contributed by atoms with van der Waals surface area (Å²) in [6.07, 6.45) is 4.84. The summed E-state index contributed by atoms with van der Waals surface area (Å²) in [6, 6.07) is 4.01. The van der Waals surface area contributed by atoms with Crippen LogP contribution in [0.3, 0.4) is 0 Å². The summed E-state index contributed by atoms with van der Waals surface area (Å²) >= 11 is 3.46. The van der Waals surface area contributed by atoms with Crippen LogP contribution in [0.1, 0.15) is 43.2 Å². The van der Waals surface area contributed by atoms with Gasteiger partial charge in [0.05, 0.1) is 5.54 Å². The van der Waals surface area contributed by atoms with Gasteiger partial charge in [0.1, 0.15) is 0 Å². The SMILES string of the molecule is Cc1cc(Br)cc(C)c1NC(=O)C1(N)CCCCC1. The monoisotopic (exact) mass is 324 g/mol. The van der Waals surface area contributed by atoms with Crippen molar-refractivity contribution in [2.75, 3.05) is 5.32 Å². The molecule has 0 aliphatic heterocycles. The van der Waals surface area contributed by atoms with E-state index < -0.39 is 5.54 Å². The van der Waals surface area contributed by atoms with E-state index in [0.29, 0.717) is 0 Å². The second-order valence-electron chi connectivity index (χ2n) is 5.59. The molecular formula is C15H21BrN2O. The molecular weight excluding hydrogens is 304 g/mol. The average molecular weight is 325 g/mol. The molecule has 3 N–H and O–H groups in total. The maximum atomic E-state index is 12.4. The third-order valence-electron chi connectivity index (χ3n) is 3.93. The van der Waals surface area contributed by atoms with Gasteiger partial charge in [-0.05, 0) is 49.9 Å². The molecule has 1 aromatic carbocycles. The van der Waals surface area contributed by atoms with Gasteiger partial charge in [-0.3, -0.25) is 4.79 Å². The first-order valence-corrected chi connectivity index (χ1v) is 7.59. The number of carbonyl (C=O) groups excluding carboxylic acids is 1. The molecule has 1 saturated carbocycles. The van der Waals surface area contributed by atoms with Gasteiger partial charge in [0, 0.05) is 10.2 Å². The van der Waals surface area contributed by atoms with Gasteiger partial charge in [-0.1, -0.05) is 35.2 Å². The van der Waals surface area contributed by atoms with Crippen LogP contribution in [0, 0.1) is 13.8 Å². The Morgan fingerprint density at radius 1 is 1.21 bits per heavy atom. The summed E-state index contributed by atoms with van der Waals surface area (Å²) < 4.78 is 1.03. The zero-order valence-electron chi connectivity index (χ0n) is 11.6. The molecule has 0 radical (unpaired) electrons. The number of aryl methyl sites for hydroxylation is 2. The molecule has 0 spiro atoms. The first kappa shape index (κ1) is 14.5. The van der Waals surface area contributed by atoms with Gasteiger partial charge < -0.3 is 11.1 Å². The summed E-state index contributed by atoms with van der Waals surface area (Å²) in [5.41, 5.74) is 8.57. The molecule has 4 heteroatoms. The molecule has 0 aromatic heterocycles.